The van der Waals surface area contributed by atoms with E-state index in [2.05, 4.69) is 36.2 Å². The number of rotatable bonds is 7. The van der Waals surface area contributed by atoms with E-state index in [-0.39, 0.29) is 0 Å². The minimum absolute atomic E-state index is 0.530. The molecule has 0 aliphatic carbocycles. The lowest BCUT2D eigenvalue weighted by Crippen LogP contribution is -2.25. The molecule has 0 aliphatic rings. The van der Waals surface area contributed by atoms with Crippen LogP contribution < -0.4 is 5.32 Å². The zero-order valence-electron chi connectivity index (χ0n) is 11.6. The van der Waals surface area contributed by atoms with Crippen LogP contribution in [0.3, 0.4) is 0 Å². The molecule has 0 heterocycles. The molecule has 0 bridgehead atoms. The van der Waals surface area contributed by atoms with Crippen molar-refractivity contribution in [1.29, 1.82) is 10.5 Å². The number of benzene rings is 1. The van der Waals surface area contributed by atoms with Crippen LogP contribution in [0.15, 0.2) is 18.2 Å². The second-order valence-electron chi connectivity index (χ2n) is 4.26. The van der Waals surface area contributed by atoms with E-state index in [0.717, 1.165) is 32.6 Å². The first kappa shape index (κ1) is 15.0. The summed E-state index contributed by atoms with van der Waals surface area (Å²) >= 11 is 0. The number of para-hydroxylation sites is 1. The number of nitrogens with one attached hydrogen (secondary N) is 1. The molecule has 100 valence electrons. The average molecular weight is 256 g/mol. The summed E-state index contributed by atoms with van der Waals surface area (Å²) in [6, 6.07) is 9.43. The molecular formula is C15H20N4. The molecule has 0 unspecified atom stereocenters. The first-order valence-electron chi connectivity index (χ1n) is 6.66. The number of anilines is 1. The Labute approximate surface area is 115 Å². The van der Waals surface area contributed by atoms with Crippen molar-refractivity contribution in [1.82, 2.24) is 4.90 Å². The van der Waals surface area contributed by atoms with Crippen molar-refractivity contribution in [2.24, 2.45) is 0 Å². The lowest BCUT2D eigenvalue weighted by molar-refractivity contribution is 0.303. The summed E-state index contributed by atoms with van der Waals surface area (Å²) in [4.78, 5) is 2.35. The minimum atomic E-state index is 0.530. The fourth-order valence-corrected chi connectivity index (χ4v) is 1.98. The summed E-state index contributed by atoms with van der Waals surface area (Å²) in [5.41, 5.74) is 1.72. The van der Waals surface area contributed by atoms with Crippen LogP contribution in [0.4, 0.5) is 5.69 Å². The molecule has 19 heavy (non-hydrogen) atoms. The van der Waals surface area contributed by atoms with Crippen molar-refractivity contribution in [3.63, 3.8) is 0 Å². The molecule has 4 heteroatoms. The summed E-state index contributed by atoms with van der Waals surface area (Å²) < 4.78 is 0. The van der Waals surface area contributed by atoms with Gasteiger partial charge < -0.3 is 10.2 Å². The summed E-state index contributed by atoms with van der Waals surface area (Å²) in [5, 5.41) is 21.3. The van der Waals surface area contributed by atoms with Crippen molar-refractivity contribution in [3.8, 4) is 12.1 Å². The number of hydrogen-bond donors (Lipinski definition) is 1. The van der Waals surface area contributed by atoms with Gasteiger partial charge in [-0.3, -0.25) is 0 Å². The normalized spacial score (nSPS) is 9.95. The quantitative estimate of drug-likeness (QED) is 0.762. The highest BCUT2D eigenvalue weighted by Crippen LogP contribution is 2.19. The Hall–Kier alpha value is -2.04. The average Bonchev–Trinajstić information content (AvgIpc) is 2.47. The van der Waals surface area contributed by atoms with E-state index in [9.17, 15) is 0 Å². The van der Waals surface area contributed by atoms with Crippen molar-refractivity contribution >= 4 is 5.69 Å². The van der Waals surface area contributed by atoms with Crippen LogP contribution in [0.25, 0.3) is 0 Å². The van der Waals surface area contributed by atoms with Gasteiger partial charge in [0.2, 0.25) is 0 Å². The second kappa shape index (κ2) is 8.13. The number of nitrogens with zero attached hydrogens (tertiary/aromatic N) is 3. The standard InChI is InChI=1S/C15H20N4/c1-3-19(4-2)10-6-9-18-15-13(11-16)7-5-8-14(15)12-17/h5,7-8,18H,3-4,6,9-10H2,1-2H3. The molecule has 0 aromatic heterocycles. The Morgan fingerprint density at radius 3 is 2.16 bits per heavy atom. The Bertz CT molecular complexity index is 446. The monoisotopic (exact) mass is 256 g/mol. The summed E-state index contributed by atoms with van der Waals surface area (Å²) in [6.45, 7) is 8.19. The molecule has 1 aromatic rings. The minimum Gasteiger partial charge on any atom is -0.383 e. The zero-order valence-corrected chi connectivity index (χ0v) is 11.6. The van der Waals surface area contributed by atoms with E-state index in [1.54, 1.807) is 18.2 Å². The van der Waals surface area contributed by atoms with Gasteiger partial charge in [-0.1, -0.05) is 19.9 Å². The third-order valence-corrected chi connectivity index (χ3v) is 3.15. The van der Waals surface area contributed by atoms with Gasteiger partial charge in [-0.25, -0.2) is 0 Å². The van der Waals surface area contributed by atoms with Gasteiger partial charge in [0.25, 0.3) is 0 Å². The fraction of sp³-hybridized carbons (Fsp3) is 0.467. The van der Waals surface area contributed by atoms with Gasteiger partial charge in [-0.2, -0.15) is 10.5 Å². The van der Waals surface area contributed by atoms with E-state index in [4.69, 9.17) is 10.5 Å². The Balaban J connectivity index is 2.59. The maximum Gasteiger partial charge on any atom is 0.101 e. The Morgan fingerprint density at radius 2 is 1.68 bits per heavy atom. The Morgan fingerprint density at radius 1 is 1.11 bits per heavy atom. The summed E-state index contributed by atoms with van der Waals surface area (Å²) in [6.07, 6.45) is 0.992. The van der Waals surface area contributed by atoms with E-state index in [1.807, 2.05) is 0 Å². The highest BCUT2D eigenvalue weighted by atomic mass is 15.1. The van der Waals surface area contributed by atoms with Crippen LogP contribution in [-0.2, 0) is 0 Å². The maximum atomic E-state index is 9.05. The molecule has 0 saturated heterocycles. The molecule has 0 amide bonds. The van der Waals surface area contributed by atoms with Crippen molar-refractivity contribution in [2.45, 2.75) is 20.3 Å². The molecule has 1 aromatic carbocycles. The third kappa shape index (κ3) is 4.28. The topological polar surface area (TPSA) is 62.9 Å². The highest BCUT2D eigenvalue weighted by molar-refractivity contribution is 5.66. The van der Waals surface area contributed by atoms with Crippen LogP contribution in [0.2, 0.25) is 0 Å². The van der Waals surface area contributed by atoms with E-state index < -0.39 is 0 Å². The van der Waals surface area contributed by atoms with Gasteiger partial charge in [0, 0.05) is 6.54 Å². The van der Waals surface area contributed by atoms with Gasteiger partial charge >= 0.3 is 0 Å². The van der Waals surface area contributed by atoms with Gasteiger partial charge in [0.05, 0.1) is 16.8 Å². The lowest BCUT2D eigenvalue weighted by atomic mass is 10.1. The van der Waals surface area contributed by atoms with Gasteiger partial charge in [0.15, 0.2) is 0 Å². The first-order chi connectivity index (χ1) is 9.26. The maximum absolute atomic E-state index is 9.05. The van der Waals surface area contributed by atoms with Crippen LogP contribution in [0, 0.1) is 22.7 Å². The molecule has 0 fully saturated rings. The Kier molecular flexibility index (Phi) is 6.43. The van der Waals surface area contributed by atoms with Crippen LogP contribution in [-0.4, -0.2) is 31.1 Å². The number of hydrogen-bond acceptors (Lipinski definition) is 4. The predicted octanol–water partition coefficient (Wildman–Crippen LogP) is 2.57. The van der Waals surface area contributed by atoms with Gasteiger partial charge in [-0.15, -0.1) is 0 Å². The van der Waals surface area contributed by atoms with Crippen LogP contribution in [0.5, 0.6) is 0 Å². The van der Waals surface area contributed by atoms with Crippen molar-refractivity contribution in [3.05, 3.63) is 29.3 Å². The van der Waals surface area contributed by atoms with E-state index in [1.165, 1.54) is 0 Å². The summed E-state index contributed by atoms with van der Waals surface area (Å²) in [7, 11) is 0. The molecule has 0 radical (unpaired) electrons. The van der Waals surface area contributed by atoms with Crippen molar-refractivity contribution < 1.29 is 0 Å². The molecule has 4 nitrogen and oxygen atoms in total. The molecule has 0 spiro atoms. The highest BCUT2D eigenvalue weighted by Gasteiger charge is 2.07. The van der Waals surface area contributed by atoms with Crippen LogP contribution in [0.1, 0.15) is 31.4 Å². The SMILES string of the molecule is CCN(CC)CCCNc1c(C#N)cccc1C#N. The summed E-state index contributed by atoms with van der Waals surface area (Å²) in [5.74, 6) is 0. The smallest absolute Gasteiger partial charge is 0.101 e. The zero-order chi connectivity index (χ0) is 14.1. The lowest BCUT2D eigenvalue weighted by Gasteiger charge is -2.18. The molecule has 0 atom stereocenters. The van der Waals surface area contributed by atoms with Crippen molar-refractivity contribution in [2.75, 3.05) is 31.5 Å². The van der Waals surface area contributed by atoms with E-state index >= 15 is 0 Å². The predicted molar refractivity (Wildman–Crippen MR) is 76.8 cm³/mol. The first-order valence-corrected chi connectivity index (χ1v) is 6.66. The van der Waals surface area contributed by atoms with Gasteiger partial charge in [-0.05, 0) is 38.2 Å². The van der Waals surface area contributed by atoms with Crippen LogP contribution >= 0.6 is 0 Å². The molecular weight excluding hydrogens is 236 g/mol. The van der Waals surface area contributed by atoms with Gasteiger partial charge in [0.1, 0.15) is 12.1 Å². The van der Waals surface area contributed by atoms with E-state index in [0.29, 0.717) is 16.8 Å². The fourth-order valence-electron chi connectivity index (χ4n) is 1.98. The third-order valence-electron chi connectivity index (χ3n) is 3.15. The molecule has 1 rings (SSSR count). The largest absolute Gasteiger partial charge is 0.383 e. The molecule has 0 aliphatic heterocycles. The molecule has 1 N–H and O–H groups in total. The second-order valence-corrected chi connectivity index (χ2v) is 4.26. The molecule has 0 saturated carbocycles. The number of nitriles is 2.